The van der Waals surface area contributed by atoms with Crippen molar-refractivity contribution in [2.45, 2.75) is 6.92 Å². The highest BCUT2D eigenvalue weighted by molar-refractivity contribution is 5.94. The summed E-state index contributed by atoms with van der Waals surface area (Å²) in [6.45, 7) is 2.09. The number of anilines is 1. The Bertz CT molecular complexity index is 523. The van der Waals surface area contributed by atoms with Gasteiger partial charge in [0.15, 0.2) is 0 Å². The smallest absolute Gasteiger partial charge is 0.243 e. The van der Waals surface area contributed by atoms with E-state index in [1.807, 2.05) is 6.07 Å². The van der Waals surface area contributed by atoms with E-state index in [9.17, 15) is 9.59 Å². The van der Waals surface area contributed by atoms with Crippen LogP contribution in [0.4, 0.5) is 5.69 Å². The minimum atomic E-state index is -0.314. The predicted molar refractivity (Wildman–Crippen MR) is 73.9 cm³/mol. The fourth-order valence-electron chi connectivity index (χ4n) is 1.59. The van der Waals surface area contributed by atoms with Gasteiger partial charge in [0.25, 0.3) is 0 Å². The topological polar surface area (TPSA) is 82.4 Å². The van der Waals surface area contributed by atoms with E-state index < -0.39 is 0 Å². The molecule has 0 atom stereocenters. The van der Waals surface area contributed by atoms with Crippen molar-refractivity contribution in [3.63, 3.8) is 0 Å². The van der Waals surface area contributed by atoms with Crippen LogP contribution in [0.2, 0.25) is 0 Å². The normalized spacial score (nSPS) is 9.65. The summed E-state index contributed by atoms with van der Waals surface area (Å²) < 4.78 is 4.89. The van der Waals surface area contributed by atoms with Crippen LogP contribution in [0.1, 0.15) is 12.5 Å². The van der Waals surface area contributed by atoms with E-state index in [4.69, 9.17) is 10.00 Å². The molecule has 20 heavy (non-hydrogen) atoms. The third-order valence-electron chi connectivity index (χ3n) is 2.62. The van der Waals surface area contributed by atoms with Gasteiger partial charge in [0.1, 0.15) is 0 Å². The molecule has 6 nitrogen and oxygen atoms in total. The van der Waals surface area contributed by atoms with E-state index in [0.29, 0.717) is 24.4 Å². The van der Waals surface area contributed by atoms with Crippen molar-refractivity contribution < 1.29 is 14.3 Å². The molecular weight excluding hydrogens is 258 g/mol. The average Bonchev–Trinajstić information content (AvgIpc) is 2.43. The molecule has 1 N–H and O–H groups in total. The average molecular weight is 275 g/mol. The molecule has 0 unspecified atom stereocenters. The summed E-state index contributed by atoms with van der Waals surface area (Å²) in [4.78, 5) is 24.6. The molecule has 0 saturated heterocycles. The van der Waals surface area contributed by atoms with Gasteiger partial charge in [-0.25, -0.2) is 0 Å². The fourth-order valence-corrected chi connectivity index (χ4v) is 1.59. The number of nitrogens with one attached hydrogen (secondary N) is 1. The zero-order chi connectivity index (χ0) is 15.0. The van der Waals surface area contributed by atoms with Gasteiger partial charge in [-0.15, -0.1) is 0 Å². The fraction of sp³-hybridized carbons (Fsp3) is 0.357. The summed E-state index contributed by atoms with van der Waals surface area (Å²) in [7, 11) is 1.53. The van der Waals surface area contributed by atoms with Crippen LogP contribution in [0.5, 0.6) is 0 Å². The van der Waals surface area contributed by atoms with Gasteiger partial charge in [0, 0.05) is 26.3 Å². The van der Waals surface area contributed by atoms with Crippen LogP contribution < -0.4 is 5.32 Å². The second-order valence-corrected chi connectivity index (χ2v) is 4.17. The lowest BCUT2D eigenvalue weighted by atomic mass is 10.2. The minimum absolute atomic E-state index is 0.0462. The molecule has 0 fully saturated rings. The van der Waals surface area contributed by atoms with Crippen LogP contribution in [0.15, 0.2) is 24.3 Å². The van der Waals surface area contributed by atoms with Gasteiger partial charge in [-0.05, 0) is 18.2 Å². The van der Waals surface area contributed by atoms with E-state index >= 15 is 0 Å². The summed E-state index contributed by atoms with van der Waals surface area (Å²) >= 11 is 0. The van der Waals surface area contributed by atoms with Crippen molar-refractivity contribution >= 4 is 17.5 Å². The number of amides is 2. The molecule has 0 aliphatic heterocycles. The predicted octanol–water partition coefficient (Wildman–Crippen LogP) is 0.992. The highest BCUT2D eigenvalue weighted by Gasteiger charge is 2.13. The molecule has 1 aromatic rings. The number of nitriles is 1. The molecule has 106 valence electrons. The first kappa shape index (κ1) is 15.7. The van der Waals surface area contributed by atoms with Gasteiger partial charge >= 0.3 is 0 Å². The third-order valence-corrected chi connectivity index (χ3v) is 2.62. The Balaban J connectivity index is 2.61. The first-order valence-corrected chi connectivity index (χ1v) is 6.11. The molecule has 0 aliphatic carbocycles. The Kier molecular flexibility index (Phi) is 6.20. The Labute approximate surface area is 117 Å². The maximum absolute atomic E-state index is 11.9. The first-order chi connectivity index (χ1) is 9.56. The molecular formula is C14H17N3O3. The number of methoxy groups -OCH3 is 1. The summed E-state index contributed by atoms with van der Waals surface area (Å²) in [5.41, 5.74) is 0.995. The number of ether oxygens (including phenoxy) is 1. The minimum Gasteiger partial charge on any atom is -0.383 e. The number of hydrogen-bond donors (Lipinski definition) is 1. The summed E-state index contributed by atoms with van der Waals surface area (Å²) in [5, 5.41) is 11.4. The summed E-state index contributed by atoms with van der Waals surface area (Å²) in [5.74, 6) is -0.505. The maximum atomic E-state index is 11.9. The quantitative estimate of drug-likeness (QED) is 0.839. The van der Waals surface area contributed by atoms with Crippen molar-refractivity contribution in [2.75, 3.05) is 32.1 Å². The lowest BCUT2D eigenvalue weighted by Gasteiger charge is -2.20. The number of benzene rings is 1. The second kappa shape index (κ2) is 7.92. The monoisotopic (exact) mass is 275 g/mol. The van der Waals surface area contributed by atoms with Crippen LogP contribution in [-0.2, 0) is 14.3 Å². The van der Waals surface area contributed by atoms with Crippen LogP contribution >= 0.6 is 0 Å². The highest BCUT2D eigenvalue weighted by Crippen LogP contribution is 2.09. The standard InChI is InChI=1S/C14H17N3O3/c1-11(18)17(6-7-20-2)10-14(19)16-13-5-3-4-12(8-13)9-15/h3-5,8H,6-7,10H2,1-2H3,(H,16,19). The molecule has 0 radical (unpaired) electrons. The summed E-state index contributed by atoms with van der Waals surface area (Å²) in [6.07, 6.45) is 0. The SMILES string of the molecule is COCCN(CC(=O)Nc1cccc(C#N)c1)C(C)=O. The molecule has 0 saturated carbocycles. The van der Waals surface area contributed by atoms with Gasteiger partial charge in [0.05, 0.1) is 24.8 Å². The van der Waals surface area contributed by atoms with Gasteiger partial charge in [0.2, 0.25) is 11.8 Å². The van der Waals surface area contributed by atoms with E-state index in [0.717, 1.165) is 0 Å². The van der Waals surface area contributed by atoms with Gasteiger partial charge in [-0.3, -0.25) is 9.59 Å². The van der Waals surface area contributed by atoms with Crippen LogP contribution in [-0.4, -0.2) is 43.5 Å². The number of carbonyl (C=O) groups is 2. The molecule has 0 aromatic heterocycles. The van der Waals surface area contributed by atoms with Crippen molar-refractivity contribution in [2.24, 2.45) is 0 Å². The Morgan fingerprint density at radius 3 is 2.80 bits per heavy atom. The van der Waals surface area contributed by atoms with E-state index in [-0.39, 0.29) is 18.4 Å². The van der Waals surface area contributed by atoms with Crippen LogP contribution in [0.25, 0.3) is 0 Å². The van der Waals surface area contributed by atoms with E-state index in [2.05, 4.69) is 5.32 Å². The number of nitrogens with zero attached hydrogens (tertiary/aromatic N) is 2. The molecule has 0 heterocycles. The number of rotatable bonds is 6. The molecule has 0 spiro atoms. The largest absolute Gasteiger partial charge is 0.383 e. The highest BCUT2D eigenvalue weighted by atomic mass is 16.5. The molecule has 6 heteroatoms. The zero-order valence-electron chi connectivity index (χ0n) is 11.5. The van der Waals surface area contributed by atoms with Crippen molar-refractivity contribution in [1.82, 2.24) is 4.90 Å². The lowest BCUT2D eigenvalue weighted by Crippen LogP contribution is -2.38. The molecule has 0 bridgehead atoms. The molecule has 1 rings (SSSR count). The molecule has 2 amide bonds. The van der Waals surface area contributed by atoms with Gasteiger partial charge < -0.3 is 15.0 Å². The van der Waals surface area contributed by atoms with E-state index in [1.54, 1.807) is 24.3 Å². The summed E-state index contributed by atoms with van der Waals surface area (Å²) in [6, 6.07) is 8.59. The zero-order valence-corrected chi connectivity index (χ0v) is 11.5. The number of hydrogen-bond acceptors (Lipinski definition) is 4. The van der Waals surface area contributed by atoms with Crippen LogP contribution in [0.3, 0.4) is 0 Å². The Morgan fingerprint density at radius 1 is 1.45 bits per heavy atom. The van der Waals surface area contributed by atoms with Crippen LogP contribution in [0, 0.1) is 11.3 Å². The molecule has 1 aromatic carbocycles. The van der Waals surface area contributed by atoms with E-state index in [1.165, 1.54) is 18.9 Å². The number of carbonyl (C=O) groups excluding carboxylic acids is 2. The van der Waals surface area contributed by atoms with Gasteiger partial charge in [-0.2, -0.15) is 5.26 Å². The van der Waals surface area contributed by atoms with Crippen molar-refractivity contribution in [3.05, 3.63) is 29.8 Å². The van der Waals surface area contributed by atoms with Crippen molar-refractivity contribution in [3.8, 4) is 6.07 Å². The second-order valence-electron chi connectivity index (χ2n) is 4.17. The Morgan fingerprint density at radius 2 is 2.20 bits per heavy atom. The van der Waals surface area contributed by atoms with Gasteiger partial charge in [-0.1, -0.05) is 6.07 Å². The third kappa shape index (κ3) is 5.08. The first-order valence-electron chi connectivity index (χ1n) is 6.11. The lowest BCUT2D eigenvalue weighted by molar-refractivity contribution is -0.133. The Hall–Kier alpha value is -2.39. The van der Waals surface area contributed by atoms with Crippen molar-refractivity contribution in [1.29, 1.82) is 5.26 Å². The molecule has 0 aliphatic rings. The maximum Gasteiger partial charge on any atom is 0.243 e.